The molecule has 0 saturated heterocycles. The van der Waals surface area contributed by atoms with Gasteiger partial charge < -0.3 is 19.5 Å². The first-order chi connectivity index (χ1) is 15.3. The van der Waals surface area contributed by atoms with Gasteiger partial charge in [0, 0.05) is 22.5 Å². The molecule has 5 rings (SSSR count). The molecule has 2 aliphatic heterocycles. The third-order valence-corrected chi connectivity index (χ3v) is 6.27. The molecule has 0 spiro atoms. The van der Waals surface area contributed by atoms with Crippen LogP contribution in [0.5, 0.6) is 11.5 Å². The monoisotopic (exact) mass is 427 g/mol. The number of fused-ring (bicyclic) bond motifs is 5. The van der Waals surface area contributed by atoms with Crippen LogP contribution < -0.4 is 14.4 Å². The van der Waals surface area contributed by atoms with Crippen LogP contribution in [0.25, 0.3) is 16.7 Å². The Balaban J connectivity index is 1.75. The van der Waals surface area contributed by atoms with E-state index in [1.54, 1.807) is 25.3 Å². The van der Waals surface area contributed by atoms with Crippen molar-refractivity contribution >= 4 is 22.9 Å². The van der Waals surface area contributed by atoms with Crippen molar-refractivity contribution in [2.24, 2.45) is 0 Å². The zero-order valence-corrected chi connectivity index (χ0v) is 18.6. The standard InChI is InChI=1S/C27H25NO4/c1-16-14-27(2,3)28(18-8-5-7-17(13-18)26(29)30)21-12-11-19-20(24(16)21)15-32-23-10-6-9-22(31-4)25(19)23/h5-14H,15H2,1-4H3,(H,29,30). The molecule has 162 valence electrons. The van der Waals surface area contributed by atoms with Crippen LogP contribution in [-0.4, -0.2) is 23.7 Å². The number of hydrogen-bond acceptors (Lipinski definition) is 4. The molecule has 0 bridgehead atoms. The van der Waals surface area contributed by atoms with Gasteiger partial charge in [-0.15, -0.1) is 0 Å². The Morgan fingerprint density at radius 2 is 1.88 bits per heavy atom. The maximum Gasteiger partial charge on any atom is 0.335 e. The van der Waals surface area contributed by atoms with E-state index >= 15 is 0 Å². The molecule has 3 aromatic rings. The summed E-state index contributed by atoms with van der Waals surface area (Å²) < 4.78 is 11.8. The molecule has 32 heavy (non-hydrogen) atoms. The highest BCUT2D eigenvalue weighted by molar-refractivity contribution is 5.94. The third kappa shape index (κ3) is 2.96. The van der Waals surface area contributed by atoms with Crippen molar-refractivity contribution in [2.45, 2.75) is 32.9 Å². The number of carbonyl (C=O) groups is 1. The van der Waals surface area contributed by atoms with Gasteiger partial charge in [0.25, 0.3) is 0 Å². The second-order valence-corrected chi connectivity index (χ2v) is 8.78. The second-order valence-electron chi connectivity index (χ2n) is 8.78. The molecule has 0 radical (unpaired) electrons. The van der Waals surface area contributed by atoms with E-state index < -0.39 is 5.97 Å². The lowest BCUT2D eigenvalue weighted by Crippen LogP contribution is -2.42. The second kappa shape index (κ2) is 7.16. The lowest BCUT2D eigenvalue weighted by atomic mass is 9.82. The average molecular weight is 428 g/mol. The van der Waals surface area contributed by atoms with Gasteiger partial charge in [0.1, 0.15) is 18.1 Å². The fourth-order valence-electron chi connectivity index (χ4n) is 5.09. The molecule has 0 aromatic heterocycles. The summed E-state index contributed by atoms with van der Waals surface area (Å²) in [6, 6.07) is 17.2. The SMILES string of the molecule is COc1cccc2c1-c1ccc3c(c1CO2)C(C)=CC(C)(C)N3c1cccc(C(=O)O)c1. The van der Waals surface area contributed by atoms with Crippen molar-refractivity contribution in [1.29, 1.82) is 0 Å². The predicted molar refractivity (Wildman–Crippen MR) is 126 cm³/mol. The van der Waals surface area contributed by atoms with Gasteiger partial charge in [-0.05, 0) is 68.3 Å². The summed E-state index contributed by atoms with van der Waals surface area (Å²) in [4.78, 5) is 13.8. The zero-order valence-electron chi connectivity index (χ0n) is 18.6. The molecular formula is C27H25NO4. The summed E-state index contributed by atoms with van der Waals surface area (Å²) in [6.45, 7) is 6.87. The number of methoxy groups -OCH3 is 1. The first-order valence-electron chi connectivity index (χ1n) is 10.6. The fraction of sp³-hybridized carbons (Fsp3) is 0.222. The van der Waals surface area contributed by atoms with Crippen LogP contribution >= 0.6 is 0 Å². The number of benzene rings is 3. The van der Waals surface area contributed by atoms with E-state index in [2.05, 4.69) is 43.9 Å². The summed E-state index contributed by atoms with van der Waals surface area (Å²) in [7, 11) is 1.67. The van der Waals surface area contributed by atoms with Crippen molar-refractivity contribution < 1.29 is 19.4 Å². The summed E-state index contributed by atoms with van der Waals surface area (Å²) in [6.07, 6.45) is 2.24. The number of carboxylic acids is 1. The molecule has 0 aliphatic carbocycles. The molecule has 2 heterocycles. The van der Waals surface area contributed by atoms with E-state index in [0.717, 1.165) is 45.1 Å². The number of allylic oxidation sites excluding steroid dienone is 1. The minimum absolute atomic E-state index is 0.270. The molecule has 2 aliphatic rings. The molecule has 0 unspecified atom stereocenters. The minimum Gasteiger partial charge on any atom is -0.496 e. The number of anilines is 2. The Bertz CT molecular complexity index is 1270. The Kier molecular flexibility index (Phi) is 4.52. The molecule has 5 heteroatoms. The summed E-state index contributed by atoms with van der Waals surface area (Å²) in [5.74, 6) is 0.670. The third-order valence-electron chi connectivity index (χ3n) is 6.27. The van der Waals surface area contributed by atoms with E-state index in [9.17, 15) is 9.90 Å². The maximum atomic E-state index is 11.6. The minimum atomic E-state index is -0.934. The highest BCUT2D eigenvalue weighted by Crippen LogP contribution is 2.51. The van der Waals surface area contributed by atoms with Gasteiger partial charge in [-0.25, -0.2) is 4.79 Å². The summed E-state index contributed by atoms with van der Waals surface area (Å²) in [5.41, 5.74) is 7.30. The number of rotatable bonds is 3. The molecule has 3 aromatic carbocycles. The van der Waals surface area contributed by atoms with E-state index in [4.69, 9.17) is 9.47 Å². The highest BCUT2D eigenvalue weighted by atomic mass is 16.5. The van der Waals surface area contributed by atoms with E-state index in [1.165, 1.54) is 5.57 Å². The van der Waals surface area contributed by atoms with Crippen LogP contribution in [0.4, 0.5) is 11.4 Å². The molecular weight excluding hydrogens is 402 g/mol. The first-order valence-corrected chi connectivity index (χ1v) is 10.6. The van der Waals surface area contributed by atoms with E-state index in [0.29, 0.717) is 6.61 Å². The summed E-state index contributed by atoms with van der Waals surface area (Å²) in [5, 5.41) is 9.52. The van der Waals surface area contributed by atoms with Crippen LogP contribution in [0.1, 0.15) is 42.3 Å². The lowest BCUT2D eigenvalue weighted by molar-refractivity contribution is 0.0697. The van der Waals surface area contributed by atoms with Gasteiger partial charge in [-0.1, -0.05) is 24.3 Å². The van der Waals surface area contributed by atoms with Crippen molar-refractivity contribution in [3.8, 4) is 22.6 Å². The van der Waals surface area contributed by atoms with Crippen molar-refractivity contribution in [3.63, 3.8) is 0 Å². The van der Waals surface area contributed by atoms with Gasteiger partial charge in [-0.2, -0.15) is 0 Å². The average Bonchev–Trinajstić information content (AvgIpc) is 2.77. The van der Waals surface area contributed by atoms with E-state index in [-0.39, 0.29) is 11.1 Å². The Morgan fingerprint density at radius 1 is 1.09 bits per heavy atom. The van der Waals surface area contributed by atoms with Crippen molar-refractivity contribution in [3.05, 3.63) is 77.4 Å². The zero-order chi connectivity index (χ0) is 22.6. The lowest BCUT2D eigenvalue weighted by Gasteiger charge is -2.44. The van der Waals surface area contributed by atoms with Crippen LogP contribution in [-0.2, 0) is 6.61 Å². The number of ether oxygens (including phenoxy) is 2. The molecule has 0 amide bonds. The number of nitrogens with zero attached hydrogens (tertiary/aromatic N) is 1. The first kappa shape index (κ1) is 20.2. The van der Waals surface area contributed by atoms with Crippen LogP contribution in [0.2, 0.25) is 0 Å². The van der Waals surface area contributed by atoms with Gasteiger partial charge in [0.2, 0.25) is 0 Å². The largest absolute Gasteiger partial charge is 0.496 e. The molecule has 0 atom stereocenters. The van der Waals surface area contributed by atoms with Gasteiger partial charge >= 0.3 is 5.97 Å². The van der Waals surface area contributed by atoms with Crippen LogP contribution in [0, 0.1) is 0 Å². The topological polar surface area (TPSA) is 59.0 Å². The van der Waals surface area contributed by atoms with Crippen LogP contribution in [0.3, 0.4) is 0 Å². The smallest absolute Gasteiger partial charge is 0.335 e. The van der Waals surface area contributed by atoms with Gasteiger partial charge in [0.05, 0.1) is 23.8 Å². The Hall–Kier alpha value is -3.73. The fourth-order valence-corrected chi connectivity index (χ4v) is 5.09. The molecule has 0 saturated carbocycles. The Labute approximate surface area is 187 Å². The van der Waals surface area contributed by atoms with Crippen molar-refractivity contribution in [1.82, 2.24) is 0 Å². The van der Waals surface area contributed by atoms with Gasteiger partial charge in [0.15, 0.2) is 0 Å². The summed E-state index contributed by atoms with van der Waals surface area (Å²) >= 11 is 0. The van der Waals surface area contributed by atoms with Gasteiger partial charge in [-0.3, -0.25) is 0 Å². The maximum absolute atomic E-state index is 11.6. The highest BCUT2D eigenvalue weighted by Gasteiger charge is 2.36. The number of carboxylic acid groups (broad SMARTS) is 1. The molecule has 1 N–H and O–H groups in total. The number of aromatic carboxylic acids is 1. The predicted octanol–water partition coefficient (Wildman–Crippen LogP) is 6.29. The van der Waals surface area contributed by atoms with Crippen LogP contribution in [0.15, 0.2) is 60.7 Å². The van der Waals surface area contributed by atoms with Crippen molar-refractivity contribution in [2.75, 3.05) is 12.0 Å². The Morgan fingerprint density at radius 3 is 2.62 bits per heavy atom. The molecule has 5 nitrogen and oxygen atoms in total. The number of hydrogen-bond donors (Lipinski definition) is 1. The normalized spacial score (nSPS) is 15.6. The molecule has 0 fully saturated rings. The van der Waals surface area contributed by atoms with E-state index in [1.807, 2.05) is 24.3 Å². The quantitative estimate of drug-likeness (QED) is 0.533.